The fraction of sp³-hybridized carbons (Fsp3) is 1.00. The molecule has 0 heterocycles. The lowest BCUT2D eigenvalue weighted by molar-refractivity contribution is 0.125. The van der Waals surface area contributed by atoms with Gasteiger partial charge in [0.15, 0.2) is 0 Å². The first-order valence-corrected chi connectivity index (χ1v) is 6.75. The minimum Gasteiger partial charge on any atom is -0.227 e. The fourth-order valence-electron chi connectivity index (χ4n) is 5.28. The molecule has 3 fully saturated rings. The van der Waals surface area contributed by atoms with Crippen LogP contribution in [0.3, 0.4) is 0 Å². The Kier molecular flexibility index (Phi) is 2.03. The van der Waals surface area contributed by atoms with E-state index in [0.29, 0.717) is 10.8 Å². The maximum absolute atomic E-state index is 6.05. The third kappa shape index (κ3) is 1.39. The van der Waals surface area contributed by atoms with E-state index in [0.717, 1.165) is 5.92 Å². The molecule has 4 atom stereocenters. The van der Waals surface area contributed by atoms with Gasteiger partial charge in [-0.25, -0.2) is 4.84 Å². The molecular formula is C13H22ClN. The average Bonchev–Trinajstić information content (AvgIpc) is 2.25. The second kappa shape index (κ2) is 2.92. The van der Waals surface area contributed by atoms with Gasteiger partial charge in [-0.05, 0) is 67.0 Å². The Balaban J connectivity index is 2.02. The van der Waals surface area contributed by atoms with Gasteiger partial charge in [-0.3, -0.25) is 0 Å². The highest BCUT2D eigenvalue weighted by Gasteiger charge is 2.59. The van der Waals surface area contributed by atoms with Crippen LogP contribution < -0.4 is 4.84 Å². The number of fused-ring (bicyclic) bond motifs is 2. The van der Waals surface area contributed by atoms with Crippen LogP contribution in [0.5, 0.6) is 0 Å². The van der Waals surface area contributed by atoms with Crippen LogP contribution in [0, 0.1) is 16.7 Å². The third-order valence-corrected chi connectivity index (χ3v) is 5.96. The summed E-state index contributed by atoms with van der Waals surface area (Å²) in [7, 11) is 0. The summed E-state index contributed by atoms with van der Waals surface area (Å²) in [4.78, 5) is 3.16. The van der Waals surface area contributed by atoms with Gasteiger partial charge in [0.1, 0.15) is 0 Å². The van der Waals surface area contributed by atoms with Crippen molar-refractivity contribution in [3.63, 3.8) is 0 Å². The molecular weight excluding hydrogens is 206 g/mol. The zero-order valence-electron chi connectivity index (χ0n) is 9.91. The summed E-state index contributed by atoms with van der Waals surface area (Å²) < 4.78 is 0. The van der Waals surface area contributed by atoms with E-state index in [1.807, 2.05) is 0 Å². The van der Waals surface area contributed by atoms with Crippen LogP contribution in [0.1, 0.15) is 58.8 Å². The second-order valence-corrected chi connectivity index (χ2v) is 7.34. The maximum atomic E-state index is 6.05. The summed E-state index contributed by atoms with van der Waals surface area (Å²) >= 11 is 6.05. The highest BCUT2D eigenvalue weighted by molar-refractivity contribution is 6.13. The van der Waals surface area contributed by atoms with Crippen LogP contribution in [0.25, 0.3) is 0 Å². The predicted molar refractivity (Wildman–Crippen MR) is 63.7 cm³/mol. The quantitative estimate of drug-likeness (QED) is 0.671. The normalized spacial score (nSPS) is 58.2. The molecule has 2 heteroatoms. The summed E-state index contributed by atoms with van der Waals surface area (Å²) in [5, 5.41) is 0. The van der Waals surface area contributed by atoms with Crippen LogP contribution in [-0.2, 0) is 0 Å². The second-order valence-electron chi connectivity index (χ2n) is 7.15. The number of hydrogen-bond acceptors (Lipinski definition) is 1. The van der Waals surface area contributed by atoms with Crippen molar-refractivity contribution >= 4 is 11.8 Å². The van der Waals surface area contributed by atoms with Gasteiger partial charge in [-0.15, -0.1) is 0 Å². The molecule has 1 nitrogen and oxygen atoms in total. The first kappa shape index (κ1) is 10.4. The molecule has 4 unspecified atom stereocenters. The average molecular weight is 228 g/mol. The number of hydrogen-bond donors (Lipinski definition) is 1. The Bertz CT molecular complexity index is 292. The molecule has 0 radical (unpaired) electrons. The van der Waals surface area contributed by atoms with Crippen molar-refractivity contribution in [1.82, 2.24) is 4.84 Å². The lowest BCUT2D eigenvalue weighted by Crippen LogP contribution is -2.47. The number of halogens is 1. The molecule has 0 saturated heterocycles. The third-order valence-electron chi connectivity index (χ3n) is 5.56. The molecule has 0 aromatic heterocycles. The SMILES string of the molecule is CC12CC3CC(NCl)(CCCC3(C)C1)C2. The molecule has 3 bridgehead atoms. The van der Waals surface area contributed by atoms with Crippen molar-refractivity contribution in [2.75, 3.05) is 0 Å². The molecule has 3 aliphatic carbocycles. The van der Waals surface area contributed by atoms with Crippen LogP contribution in [0.15, 0.2) is 0 Å². The molecule has 0 amide bonds. The van der Waals surface area contributed by atoms with Gasteiger partial charge in [-0.2, -0.15) is 0 Å². The minimum absolute atomic E-state index is 0.271. The van der Waals surface area contributed by atoms with Crippen LogP contribution in [0.2, 0.25) is 0 Å². The summed E-state index contributed by atoms with van der Waals surface area (Å²) in [5.41, 5.74) is 1.47. The zero-order valence-corrected chi connectivity index (χ0v) is 10.7. The highest BCUT2D eigenvalue weighted by atomic mass is 35.5. The van der Waals surface area contributed by atoms with Crippen molar-refractivity contribution in [2.45, 2.75) is 64.3 Å². The first-order valence-electron chi connectivity index (χ1n) is 6.37. The van der Waals surface area contributed by atoms with Gasteiger partial charge < -0.3 is 0 Å². The molecule has 0 spiro atoms. The Morgan fingerprint density at radius 1 is 1.13 bits per heavy atom. The largest absolute Gasteiger partial charge is 0.227 e. The van der Waals surface area contributed by atoms with Gasteiger partial charge >= 0.3 is 0 Å². The monoisotopic (exact) mass is 227 g/mol. The summed E-state index contributed by atoms with van der Waals surface area (Å²) in [6.45, 7) is 5.01. The van der Waals surface area contributed by atoms with Gasteiger partial charge in [0.05, 0.1) is 0 Å². The Labute approximate surface area is 98.1 Å². The van der Waals surface area contributed by atoms with Crippen molar-refractivity contribution in [3.8, 4) is 0 Å². The number of rotatable bonds is 1. The summed E-state index contributed by atoms with van der Waals surface area (Å²) in [5.74, 6) is 0.921. The molecule has 3 aliphatic rings. The highest BCUT2D eigenvalue weighted by Crippen LogP contribution is 2.66. The summed E-state index contributed by atoms with van der Waals surface area (Å²) in [6, 6.07) is 0. The van der Waals surface area contributed by atoms with E-state index in [4.69, 9.17) is 11.8 Å². The van der Waals surface area contributed by atoms with Crippen LogP contribution in [0.4, 0.5) is 0 Å². The fourth-order valence-corrected chi connectivity index (χ4v) is 5.52. The van der Waals surface area contributed by atoms with E-state index in [2.05, 4.69) is 18.7 Å². The molecule has 1 N–H and O–H groups in total. The molecule has 3 saturated carbocycles. The first-order chi connectivity index (χ1) is 6.99. The Hall–Kier alpha value is 0.250. The molecule has 3 rings (SSSR count). The lowest BCUT2D eigenvalue weighted by atomic mass is 9.67. The van der Waals surface area contributed by atoms with E-state index in [-0.39, 0.29) is 5.54 Å². The number of nitrogens with one attached hydrogen (secondary N) is 1. The maximum Gasteiger partial charge on any atom is 0.0339 e. The van der Waals surface area contributed by atoms with E-state index in [1.54, 1.807) is 0 Å². The Morgan fingerprint density at radius 2 is 1.93 bits per heavy atom. The lowest BCUT2D eigenvalue weighted by Gasteiger charge is -2.44. The molecule has 0 aliphatic heterocycles. The van der Waals surface area contributed by atoms with Crippen molar-refractivity contribution < 1.29 is 0 Å². The zero-order chi connectivity index (χ0) is 10.7. The molecule has 15 heavy (non-hydrogen) atoms. The van der Waals surface area contributed by atoms with Crippen molar-refractivity contribution in [1.29, 1.82) is 0 Å². The van der Waals surface area contributed by atoms with Crippen molar-refractivity contribution in [3.05, 3.63) is 0 Å². The van der Waals surface area contributed by atoms with Gasteiger partial charge in [0.25, 0.3) is 0 Å². The summed E-state index contributed by atoms with van der Waals surface area (Å²) in [6.07, 6.45) is 9.58. The Morgan fingerprint density at radius 3 is 2.67 bits per heavy atom. The van der Waals surface area contributed by atoms with Crippen molar-refractivity contribution in [2.24, 2.45) is 16.7 Å². The predicted octanol–water partition coefficient (Wildman–Crippen LogP) is 3.87. The van der Waals surface area contributed by atoms with Gasteiger partial charge in [-0.1, -0.05) is 20.3 Å². The topological polar surface area (TPSA) is 12.0 Å². The van der Waals surface area contributed by atoms with Gasteiger partial charge in [0.2, 0.25) is 0 Å². The van der Waals surface area contributed by atoms with Crippen LogP contribution >= 0.6 is 11.8 Å². The van der Waals surface area contributed by atoms with E-state index >= 15 is 0 Å². The van der Waals surface area contributed by atoms with E-state index in [9.17, 15) is 0 Å². The van der Waals surface area contributed by atoms with E-state index in [1.165, 1.54) is 44.9 Å². The van der Waals surface area contributed by atoms with Crippen LogP contribution in [-0.4, -0.2) is 5.54 Å². The molecule has 0 aromatic carbocycles. The minimum atomic E-state index is 0.271. The molecule has 86 valence electrons. The smallest absolute Gasteiger partial charge is 0.0339 e. The van der Waals surface area contributed by atoms with Gasteiger partial charge in [0, 0.05) is 5.54 Å². The molecule has 0 aromatic rings. The van der Waals surface area contributed by atoms with E-state index < -0.39 is 0 Å². The standard InChI is InChI=1S/C13H22ClN/c1-11-6-10-7-13(9-11,15-14)5-3-4-12(10,2)8-11/h10,15H,3-9H2,1-2H3.